The molecule has 18 heavy (non-hydrogen) atoms. The Kier molecular flexibility index (Phi) is 6.04. The van der Waals surface area contributed by atoms with Crippen LogP contribution in [0.3, 0.4) is 0 Å². The number of sulfonamides is 1. The lowest BCUT2D eigenvalue weighted by molar-refractivity contribution is 0.167. The highest BCUT2D eigenvalue weighted by Crippen LogP contribution is 2.20. The summed E-state index contributed by atoms with van der Waals surface area (Å²) >= 11 is 0. The summed E-state index contributed by atoms with van der Waals surface area (Å²) in [6.07, 6.45) is 4.37. The van der Waals surface area contributed by atoms with Gasteiger partial charge in [0, 0.05) is 25.7 Å². The minimum absolute atomic E-state index is 0.443. The molecule has 0 amide bonds. The molecule has 1 saturated heterocycles. The lowest BCUT2D eigenvalue weighted by atomic mass is 9.98. The highest BCUT2D eigenvalue weighted by Gasteiger charge is 2.27. The summed E-state index contributed by atoms with van der Waals surface area (Å²) in [5.74, 6) is 0.443. The third-order valence-electron chi connectivity index (χ3n) is 3.83. The van der Waals surface area contributed by atoms with E-state index in [0.29, 0.717) is 31.6 Å². The molecule has 0 bridgehead atoms. The van der Waals surface area contributed by atoms with Crippen molar-refractivity contribution in [1.82, 2.24) is 9.21 Å². The Bertz CT molecular complexity index is 345. The van der Waals surface area contributed by atoms with Gasteiger partial charge in [-0.3, -0.25) is 0 Å². The summed E-state index contributed by atoms with van der Waals surface area (Å²) in [5, 5.41) is 0. The van der Waals surface area contributed by atoms with Gasteiger partial charge in [-0.1, -0.05) is 0 Å². The second-order valence-corrected chi connectivity index (χ2v) is 7.48. The second-order valence-electron chi connectivity index (χ2n) is 5.50. The predicted molar refractivity (Wildman–Crippen MR) is 74.9 cm³/mol. The van der Waals surface area contributed by atoms with Gasteiger partial charge >= 0.3 is 0 Å². The van der Waals surface area contributed by atoms with E-state index in [1.54, 1.807) is 4.31 Å². The molecule has 5 nitrogen and oxygen atoms in total. The van der Waals surface area contributed by atoms with Crippen LogP contribution in [0.4, 0.5) is 0 Å². The maximum Gasteiger partial charge on any atom is 0.211 e. The molecule has 0 aromatic heterocycles. The van der Waals surface area contributed by atoms with Crippen LogP contribution in [-0.4, -0.2) is 63.1 Å². The summed E-state index contributed by atoms with van der Waals surface area (Å²) in [6, 6.07) is 0.462. The summed E-state index contributed by atoms with van der Waals surface area (Å²) in [6.45, 7) is 5.17. The smallest absolute Gasteiger partial charge is 0.211 e. The van der Waals surface area contributed by atoms with Crippen LogP contribution in [0, 0.1) is 5.92 Å². The molecule has 0 aliphatic carbocycles. The van der Waals surface area contributed by atoms with E-state index in [4.69, 9.17) is 5.73 Å². The molecule has 1 rings (SSSR count). The zero-order valence-electron chi connectivity index (χ0n) is 11.8. The molecule has 2 N–H and O–H groups in total. The molecule has 1 heterocycles. The third-order valence-corrected chi connectivity index (χ3v) is 5.10. The van der Waals surface area contributed by atoms with Crippen molar-refractivity contribution in [2.45, 2.75) is 32.2 Å². The van der Waals surface area contributed by atoms with E-state index in [0.717, 1.165) is 25.8 Å². The molecule has 2 unspecified atom stereocenters. The first kappa shape index (κ1) is 15.9. The lowest BCUT2D eigenvalue weighted by Crippen LogP contribution is -2.44. The topological polar surface area (TPSA) is 66.6 Å². The van der Waals surface area contributed by atoms with Crippen LogP contribution in [0.5, 0.6) is 0 Å². The minimum Gasteiger partial charge on any atom is -0.330 e. The van der Waals surface area contributed by atoms with Gasteiger partial charge in [0.05, 0.1) is 6.26 Å². The first-order valence-corrected chi connectivity index (χ1v) is 8.55. The number of hydrogen-bond donors (Lipinski definition) is 1. The Hall–Kier alpha value is -0.170. The maximum absolute atomic E-state index is 11.5. The van der Waals surface area contributed by atoms with Gasteiger partial charge < -0.3 is 10.6 Å². The molecule has 1 fully saturated rings. The highest BCUT2D eigenvalue weighted by atomic mass is 32.2. The third kappa shape index (κ3) is 4.84. The van der Waals surface area contributed by atoms with Crippen LogP contribution in [0.25, 0.3) is 0 Å². The zero-order valence-corrected chi connectivity index (χ0v) is 12.6. The average Bonchev–Trinajstić information content (AvgIpc) is 2.28. The Morgan fingerprint density at radius 2 is 2.17 bits per heavy atom. The summed E-state index contributed by atoms with van der Waals surface area (Å²) in [5.41, 5.74) is 5.57. The Balaban J connectivity index is 2.47. The fourth-order valence-electron chi connectivity index (χ4n) is 2.53. The molecule has 0 aromatic rings. The first-order chi connectivity index (χ1) is 8.34. The fraction of sp³-hybridized carbons (Fsp3) is 1.00. The molecular formula is C12H27N3O2S. The molecule has 1 aliphatic rings. The van der Waals surface area contributed by atoms with Gasteiger partial charge in [0.1, 0.15) is 0 Å². The predicted octanol–water partition coefficient (Wildman–Crippen LogP) is 0.327. The normalized spacial score (nSPS) is 24.4. The molecule has 0 saturated carbocycles. The van der Waals surface area contributed by atoms with E-state index in [-0.39, 0.29) is 0 Å². The van der Waals surface area contributed by atoms with Crippen molar-refractivity contribution in [3.05, 3.63) is 0 Å². The maximum atomic E-state index is 11.5. The molecule has 108 valence electrons. The molecule has 2 atom stereocenters. The lowest BCUT2D eigenvalue weighted by Gasteiger charge is -2.35. The summed E-state index contributed by atoms with van der Waals surface area (Å²) in [4.78, 5) is 2.29. The van der Waals surface area contributed by atoms with Gasteiger partial charge in [-0.15, -0.1) is 0 Å². The number of piperidine rings is 1. The van der Waals surface area contributed by atoms with Crippen molar-refractivity contribution in [2.75, 3.05) is 39.5 Å². The Morgan fingerprint density at radius 3 is 2.72 bits per heavy atom. The molecular weight excluding hydrogens is 250 g/mol. The van der Waals surface area contributed by atoms with Crippen LogP contribution in [0.15, 0.2) is 0 Å². The Morgan fingerprint density at radius 1 is 1.50 bits per heavy atom. The molecule has 6 heteroatoms. The largest absolute Gasteiger partial charge is 0.330 e. The summed E-state index contributed by atoms with van der Waals surface area (Å²) in [7, 11) is -0.933. The van der Waals surface area contributed by atoms with E-state index >= 15 is 0 Å². The van der Waals surface area contributed by atoms with Gasteiger partial charge in [0.15, 0.2) is 0 Å². The van der Waals surface area contributed by atoms with Crippen LogP contribution in [0.1, 0.15) is 26.2 Å². The van der Waals surface area contributed by atoms with Gasteiger partial charge in [-0.2, -0.15) is 0 Å². The van der Waals surface area contributed by atoms with Crippen molar-refractivity contribution < 1.29 is 8.42 Å². The number of hydrogen-bond acceptors (Lipinski definition) is 4. The first-order valence-electron chi connectivity index (χ1n) is 6.70. The average molecular weight is 277 g/mol. The van der Waals surface area contributed by atoms with E-state index < -0.39 is 10.0 Å². The van der Waals surface area contributed by atoms with Crippen LogP contribution in [-0.2, 0) is 10.0 Å². The van der Waals surface area contributed by atoms with Crippen molar-refractivity contribution in [3.8, 4) is 0 Å². The zero-order chi connectivity index (χ0) is 13.8. The van der Waals surface area contributed by atoms with E-state index in [1.165, 1.54) is 6.26 Å². The van der Waals surface area contributed by atoms with Gasteiger partial charge in [-0.25, -0.2) is 12.7 Å². The molecule has 0 spiro atoms. The fourth-order valence-corrected chi connectivity index (χ4v) is 3.47. The minimum atomic E-state index is -3.03. The number of rotatable bonds is 6. The highest BCUT2D eigenvalue weighted by molar-refractivity contribution is 7.88. The van der Waals surface area contributed by atoms with E-state index in [9.17, 15) is 8.42 Å². The number of nitrogens with zero attached hydrogens (tertiary/aromatic N) is 2. The van der Waals surface area contributed by atoms with E-state index in [1.807, 2.05) is 0 Å². The van der Waals surface area contributed by atoms with Gasteiger partial charge in [0.2, 0.25) is 10.0 Å². The standard InChI is InChI=1S/C12H27N3O2S/c1-11(6-7-13)14(2)9-12-5-4-8-15(10-12)18(3,16)17/h11-12H,4-10,13H2,1-3H3. The van der Waals surface area contributed by atoms with Crippen molar-refractivity contribution in [2.24, 2.45) is 11.7 Å². The van der Waals surface area contributed by atoms with Crippen LogP contribution >= 0.6 is 0 Å². The van der Waals surface area contributed by atoms with Crippen LogP contribution < -0.4 is 5.73 Å². The van der Waals surface area contributed by atoms with E-state index in [2.05, 4.69) is 18.9 Å². The monoisotopic (exact) mass is 277 g/mol. The molecule has 1 aliphatic heterocycles. The summed E-state index contributed by atoms with van der Waals surface area (Å²) < 4.78 is 24.7. The Labute approximate surface area is 111 Å². The van der Waals surface area contributed by atoms with Crippen LogP contribution in [0.2, 0.25) is 0 Å². The molecule has 0 aromatic carbocycles. The van der Waals surface area contributed by atoms with Crippen molar-refractivity contribution >= 4 is 10.0 Å². The quantitative estimate of drug-likeness (QED) is 0.759. The van der Waals surface area contributed by atoms with Crippen molar-refractivity contribution in [3.63, 3.8) is 0 Å². The SMILES string of the molecule is CC(CCN)N(C)CC1CCCN(S(C)(=O)=O)C1. The van der Waals surface area contributed by atoms with Crippen molar-refractivity contribution in [1.29, 1.82) is 0 Å². The second kappa shape index (κ2) is 6.84. The van der Waals surface area contributed by atoms with Gasteiger partial charge in [0.25, 0.3) is 0 Å². The number of nitrogens with two attached hydrogens (primary N) is 1. The van der Waals surface area contributed by atoms with Gasteiger partial charge in [-0.05, 0) is 45.7 Å². The molecule has 0 radical (unpaired) electrons.